The highest BCUT2D eigenvalue weighted by Crippen LogP contribution is 2.59. The number of hydrogen-bond donors (Lipinski definition) is 0. The first-order valence-corrected chi connectivity index (χ1v) is 23.7. The molecule has 0 spiro atoms. The van der Waals surface area contributed by atoms with Crippen LogP contribution in [-0.4, -0.2) is 0 Å². The third-order valence-electron chi connectivity index (χ3n) is 14.6. The van der Waals surface area contributed by atoms with Crippen molar-refractivity contribution in [2.75, 3.05) is 9.80 Å². The molecule has 14 rings (SSSR count). The molecule has 4 nitrogen and oxygen atoms in total. The van der Waals surface area contributed by atoms with Gasteiger partial charge in [0.2, 0.25) is 0 Å². The fraction of sp³-hybridized carbons (Fsp3) is 0.0462. The van der Waals surface area contributed by atoms with E-state index in [1.807, 2.05) is 12.1 Å². The molecular weight excluding hydrogens is 841 g/mol. The van der Waals surface area contributed by atoms with Crippen molar-refractivity contribution < 1.29 is 9.47 Å². The minimum Gasteiger partial charge on any atom is -0.453 e. The van der Waals surface area contributed by atoms with Crippen molar-refractivity contribution in [1.29, 1.82) is 0 Å². The van der Waals surface area contributed by atoms with Crippen molar-refractivity contribution in [3.8, 4) is 45.3 Å². The fourth-order valence-corrected chi connectivity index (χ4v) is 11.4. The Balaban J connectivity index is 0.957. The molecule has 3 aliphatic rings. The predicted octanol–water partition coefficient (Wildman–Crippen LogP) is 17.8. The lowest BCUT2D eigenvalue weighted by molar-refractivity contribution is 0.477. The highest BCUT2D eigenvalue weighted by Gasteiger charge is 2.46. The number of rotatable bonds is 6. The molecule has 0 amide bonds. The van der Waals surface area contributed by atoms with E-state index in [0.29, 0.717) is 0 Å². The fourth-order valence-electron chi connectivity index (χ4n) is 11.4. The van der Waals surface area contributed by atoms with Crippen LogP contribution in [0, 0.1) is 13.8 Å². The number of anilines is 6. The van der Waals surface area contributed by atoms with E-state index >= 15 is 0 Å². The molecule has 0 atom stereocenters. The summed E-state index contributed by atoms with van der Waals surface area (Å²) in [5.41, 5.74) is 17.5. The Morgan fingerprint density at radius 1 is 0.319 bits per heavy atom. The minimum absolute atomic E-state index is 0.632. The first-order valence-electron chi connectivity index (χ1n) is 23.7. The Labute approximate surface area is 401 Å². The standard InChI is InChI=1S/C65H44N2O2/c1-41-21-29-51(30-22-41)66-55-17-9-11-19-59(55)68-61-39-43(27-33-57(61)66)47-35-45-25-26-46-36-48(38-54-64(46)63(45)53(37-47)65(54,49-13-5-3-6-14-49)50-15-7-4-8-16-50)44-28-34-58-62(40-44)69-60-20-12-10-18-56(60)67(58)52-31-23-42(2)24-32-52/h3-40H,1-2H3. The van der Waals surface area contributed by atoms with E-state index in [4.69, 9.17) is 9.47 Å². The average molecular weight is 885 g/mol. The second-order valence-electron chi connectivity index (χ2n) is 18.6. The summed E-state index contributed by atoms with van der Waals surface area (Å²) < 4.78 is 13.6. The second-order valence-corrected chi connectivity index (χ2v) is 18.6. The summed E-state index contributed by atoms with van der Waals surface area (Å²) in [6.45, 7) is 4.26. The summed E-state index contributed by atoms with van der Waals surface area (Å²) in [5, 5.41) is 5.00. The minimum atomic E-state index is -0.632. The zero-order valence-corrected chi connectivity index (χ0v) is 38.2. The molecule has 0 N–H and O–H groups in total. The third-order valence-corrected chi connectivity index (χ3v) is 14.6. The summed E-state index contributed by atoms with van der Waals surface area (Å²) >= 11 is 0. The first-order chi connectivity index (χ1) is 34.0. The molecule has 0 fully saturated rings. The van der Waals surface area contributed by atoms with Crippen molar-refractivity contribution >= 4 is 55.7 Å². The molecule has 0 saturated heterocycles. The Kier molecular flexibility index (Phi) is 8.59. The molecule has 4 heteroatoms. The quantitative estimate of drug-likeness (QED) is 0.155. The molecule has 0 radical (unpaired) electrons. The number of benzene rings is 11. The number of para-hydroxylation sites is 4. The van der Waals surface area contributed by atoms with Gasteiger partial charge in [0.15, 0.2) is 23.0 Å². The Morgan fingerprint density at radius 3 is 1.14 bits per heavy atom. The molecule has 2 aliphatic heterocycles. The van der Waals surface area contributed by atoms with Crippen molar-refractivity contribution in [2.24, 2.45) is 0 Å². The van der Waals surface area contributed by atoms with E-state index in [0.717, 1.165) is 79.4 Å². The zero-order valence-electron chi connectivity index (χ0n) is 38.2. The molecule has 0 aromatic heterocycles. The van der Waals surface area contributed by atoms with Gasteiger partial charge in [0.05, 0.1) is 28.2 Å². The third kappa shape index (κ3) is 5.95. The summed E-state index contributed by atoms with van der Waals surface area (Å²) in [6.07, 6.45) is 0. The molecule has 0 unspecified atom stereocenters. The SMILES string of the molecule is Cc1ccc(N2c3ccccc3Oc3cc(-c4cc5c6c(ccc7cc(-c8ccc9c(c8)Oc8ccccc8N9c8ccc(C)cc8)cc(c76)C5(c5ccccc5)c5ccccc5)c4)ccc32)cc1. The molecule has 0 bridgehead atoms. The summed E-state index contributed by atoms with van der Waals surface area (Å²) in [5.74, 6) is 3.31. The Bertz CT molecular complexity index is 3610. The van der Waals surface area contributed by atoms with Crippen LogP contribution >= 0.6 is 0 Å². The number of fused-ring (bicyclic) bond motifs is 4. The molecule has 0 saturated carbocycles. The van der Waals surface area contributed by atoms with Crippen molar-refractivity contribution in [3.05, 3.63) is 264 Å². The van der Waals surface area contributed by atoms with Crippen LogP contribution in [0.1, 0.15) is 33.4 Å². The van der Waals surface area contributed by atoms with Gasteiger partial charge in [-0.1, -0.05) is 145 Å². The van der Waals surface area contributed by atoms with Crippen LogP contribution in [0.5, 0.6) is 23.0 Å². The Hall–Kier alpha value is -8.86. The van der Waals surface area contributed by atoms with Gasteiger partial charge in [0, 0.05) is 11.4 Å². The highest BCUT2D eigenvalue weighted by atomic mass is 16.5. The van der Waals surface area contributed by atoms with Gasteiger partial charge in [-0.05, 0) is 177 Å². The van der Waals surface area contributed by atoms with Gasteiger partial charge in [0.1, 0.15) is 0 Å². The van der Waals surface area contributed by atoms with Crippen LogP contribution in [0.3, 0.4) is 0 Å². The molecule has 1 aliphatic carbocycles. The van der Waals surface area contributed by atoms with Crippen LogP contribution in [0.2, 0.25) is 0 Å². The maximum atomic E-state index is 6.78. The monoisotopic (exact) mass is 884 g/mol. The van der Waals surface area contributed by atoms with E-state index in [-0.39, 0.29) is 0 Å². The number of aryl methyl sites for hydroxylation is 2. The van der Waals surface area contributed by atoms with E-state index in [1.54, 1.807) is 0 Å². The van der Waals surface area contributed by atoms with E-state index < -0.39 is 5.41 Å². The number of ether oxygens (including phenoxy) is 2. The summed E-state index contributed by atoms with van der Waals surface area (Å²) in [6, 6.07) is 84.0. The predicted molar refractivity (Wildman–Crippen MR) is 283 cm³/mol. The van der Waals surface area contributed by atoms with E-state index in [1.165, 1.54) is 54.9 Å². The summed E-state index contributed by atoms with van der Waals surface area (Å²) in [4.78, 5) is 4.62. The van der Waals surface area contributed by atoms with Gasteiger partial charge in [-0.15, -0.1) is 0 Å². The van der Waals surface area contributed by atoms with Gasteiger partial charge in [-0.3, -0.25) is 0 Å². The van der Waals surface area contributed by atoms with Gasteiger partial charge < -0.3 is 19.3 Å². The first kappa shape index (κ1) is 39.3. The van der Waals surface area contributed by atoms with E-state index in [2.05, 4.69) is 242 Å². The lowest BCUT2D eigenvalue weighted by Gasteiger charge is -2.35. The van der Waals surface area contributed by atoms with Crippen LogP contribution in [0.15, 0.2) is 231 Å². The van der Waals surface area contributed by atoms with Crippen LogP contribution in [0.4, 0.5) is 34.1 Å². The summed E-state index contributed by atoms with van der Waals surface area (Å²) in [7, 11) is 0. The average Bonchev–Trinajstić information content (AvgIpc) is 3.70. The normalized spacial score (nSPS) is 13.7. The molecular formula is C65H44N2O2. The molecule has 11 aromatic rings. The highest BCUT2D eigenvalue weighted by molar-refractivity contribution is 6.18. The lowest BCUT2D eigenvalue weighted by Crippen LogP contribution is -2.28. The van der Waals surface area contributed by atoms with Crippen molar-refractivity contribution in [2.45, 2.75) is 19.3 Å². The van der Waals surface area contributed by atoms with Gasteiger partial charge >= 0.3 is 0 Å². The van der Waals surface area contributed by atoms with E-state index in [9.17, 15) is 0 Å². The van der Waals surface area contributed by atoms with Crippen LogP contribution in [0.25, 0.3) is 43.8 Å². The molecule has 2 heterocycles. The van der Waals surface area contributed by atoms with Gasteiger partial charge in [-0.2, -0.15) is 0 Å². The Morgan fingerprint density at radius 2 is 0.710 bits per heavy atom. The number of nitrogens with zero attached hydrogens (tertiary/aromatic N) is 2. The van der Waals surface area contributed by atoms with Crippen LogP contribution < -0.4 is 19.3 Å². The topological polar surface area (TPSA) is 24.9 Å². The lowest BCUT2D eigenvalue weighted by atomic mass is 9.66. The molecule has 69 heavy (non-hydrogen) atoms. The second kappa shape index (κ2) is 15.1. The largest absolute Gasteiger partial charge is 0.453 e. The van der Waals surface area contributed by atoms with Gasteiger partial charge in [-0.25, -0.2) is 0 Å². The van der Waals surface area contributed by atoms with Crippen molar-refractivity contribution in [1.82, 2.24) is 0 Å². The maximum Gasteiger partial charge on any atom is 0.152 e. The smallest absolute Gasteiger partial charge is 0.152 e. The van der Waals surface area contributed by atoms with Crippen LogP contribution in [-0.2, 0) is 5.41 Å². The molecule has 326 valence electrons. The zero-order chi connectivity index (χ0) is 45.8. The number of hydrogen-bond acceptors (Lipinski definition) is 4. The van der Waals surface area contributed by atoms with Crippen molar-refractivity contribution in [3.63, 3.8) is 0 Å². The molecule has 11 aromatic carbocycles. The van der Waals surface area contributed by atoms with Gasteiger partial charge in [0.25, 0.3) is 0 Å². The maximum absolute atomic E-state index is 6.78.